The Morgan fingerprint density at radius 1 is 1.20 bits per heavy atom. The summed E-state index contributed by atoms with van der Waals surface area (Å²) >= 11 is 1.56. The Hall–Kier alpha value is -0.840. The summed E-state index contributed by atoms with van der Waals surface area (Å²) in [6.45, 7) is -0.925. The Labute approximate surface area is 91.3 Å². The van der Waals surface area contributed by atoms with E-state index in [9.17, 15) is 13.2 Å². The molecule has 5 heteroatoms. The normalized spacial score (nSPS) is 11.5. The highest BCUT2D eigenvalue weighted by atomic mass is 32.2. The second-order valence-corrected chi connectivity index (χ2v) is 4.05. The average Bonchev–Trinajstić information content (AvgIpc) is 2.15. The van der Waals surface area contributed by atoms with E-state index >= 15 is 0 Å². The first kappa shape index (κ1) is 12.2. The third kappa shape index (κ3) is 4.03. The van der Waals surface area contributed by atoms with Crippen LogP contribution in [0.4, 0.5) is 18.9 Å². The summed E-state index contributed by atoms with van der Waals surface area (Å²) in [6, 6.07) is 7.01. The highest BCUT2D eigenvalue weighted by Gasteiger charge is 2.29. The largest absolute Gasteiger partial charge is 0.405 e. The summed E-state index contributed by atoms with van der Waals surface area (Å²) in [7, 11) is 1.43. The maximum atomic E-state index is 12.1. The summed E-state index contributed by atoms with van der Waals surface area (Å²) < 4.78 is 36.3. The van der Waals surface area contributed by atoms with Crippen molar-refractivity contribution >= 4 is 17.4 Å². The fourth-order valence-electron chi connectivity index (χ4n) is 1.20. The molecule has 0 aliphatic carbocycles. The third-order valence-corrected chi connectivity index (χ3v) is 2.67. The van der Waals surface area contributed by atoms with E-state index in [1.54, 1.807) is 23.9 Å². The molecule has 1 nitrogen and oxygen atoms in total. The second-order valence-electron chi connectivity index (χ2n) is 3.17. The smallest absolute Gasteiger partial charge is 0.366 e. The molecule has 0 aliphatic rings. The fourth-order valence-corrected chi connectivity index (χ4v) is 1.61. The van der Waals surface area contributed by atoms with Crippen LogP contribution in [-0.4, -0.2) is 26.0 Å². The number of benzene rings is 1. The Kier molecular flexibility index (Phi) is 3.90. The molecule has 0 fully saturated rings. The lowest BCUT2D eigenvalue weighted by molar-refractivity contribution is -0.119. The molecule has 1 aromatic carbocycles. The van der Waals surface area contributed by atoms with Crippen LogP contribution in [0.5, 0.6) is 0 Å². The number of hydrogen-bond donors (Lipinski definition) is 0. The van der Waals surface area contributed by atoms with Gasteiger partial charge in [0.25, 0.3) is 0 Å². The van der Waals surface area contributed by atoms with Crippen LogP contribution in [0.25, 0.3) is 0 Å². The van der Waals surface area contributed by atoms with Crippen LogP contribution in [0.2, 0.25) is 0 Å². The van der Waals surface area contributed by atoms with E-state index in [0.717, 1.165) is 4.90 Å². The Balaban J connectivity index is 2.70. The standard InChI is InChI=1S/C10H12F3NS/c1-14(7-10(11,12)13)8-3-5-9(15-2)6-4-8/h3-6H,7H2,1-2H3. The molecule has 0 radical (unpaired) electrons. The number of rotatable bonds is 3. The molecule has 0 N–H and O–H groups in total. The van der Waals surface area contributed by atoms with Gasteiger partial charge in [0.15, 0.2) is 0 Å². The first-order valence-corrected chi connectivity index (χ1v) is 5.57. The summed E-state index contributed by atoms with van der Waals surface area (Å²) in [5.74, 6) is 0. The van der Waals surface area contributed by atoms with Crippen LogP contribution in [-0.2, 0) is 0 Å². The molecule has 0 aromatic heterocycles. The van der Waals surface area contributed by atoms with Gasteiger partial charge in [-0.15, -0.1) is 11.8 Å². The van der Waals surface area contributed by atoms with E-state index in [0.29, 0.717) is 5.69 Å². The third-order valence-electron chi connectivity index (χ3n) is 1.93. The number of alkyl halides is 3. The molecular weight excluding hydrogens is 223 g/mol. The van der Waals surface area contributed by atoms with Gasteiger partial charge in [-0.2, -0.15) is 13.2 Å². The van der Waals surface area contributed by atoms with Gasteiger partial charge in [-0.3, -0.25) is 0 Å². The summed E-state index contributed by atoms with van der Waals surface area (Å²) in [4.78, 5) is 2.23. The molecule has 0 spiro atoms. The summed E-state index contributed by atoms with van der Waals surface area (Å²) in [5.41, 5.74) is 0.574. The van der Waals surface area contributed by atoms with Crippen molar-refractivity contribution < 1.29 is 13.2 Å². The number of anilines is 1. The van der Waals surface area contributed by atoms with Crippen molar-refractivity contribution in [3.05, 3.63) is 24.3 Å². The minimum atomic E-state index is -4.16. The maximum absolute atomic E-state index is 12.1. The molecule has 0 amide bonds. The van der Waals surface area contributed by atoms with Crippen LogP contribution >= 0.6 is 11.8 Å². The molecule has 0 heterocycles. The average molecular weight is 235 g/mol. The van der Waals surface area contributed by atoms with E-state index in [2.05, 4.69) is 0 Å². The van der Waals surface area contributed by atoms with Gasteiger partial charge in [0.2, 0.25) is 0 Å². The monoisotopic (exact) mass is 235 g/mol. The topological polar surface area (TPSA) is 3.24 Å². The van der Waals surface area contributed by atoms with Crippen molar-refractivity contribution in [1.82, 2.24) is 0 Å². The summed E-state index contributed by atoms with van der Waals surface area (Å²) in [5, 5.41) is 0. The first-order chi connectivity index (χ1) is 6.92. The number of thioether (sulfide) groups is 1. The molecule has 0 unspecified atom stereocenters. The van der Waals surface area contributed by atoms with Crippen LogP contribution in [0.15, 0.2) is 29.2 Å². The number of nitrogens with zero attached hydrogens (tertiary/aromatic N) is 1. The molecule has 84 valence electrons. The van der Waals surface area contributed by atoms with E-state index in [1.165, 1.54) is 11.9 Å². The van der Waals surface area contributed by atoms with E-state index in [-0.39, 0.29) is 0 Å². The lowest BCUT2D eigenvalue weighted by Crippen LogP contribution is -2.30. The van der Waals surface area contributed by atoms with Crippen molar-refractivity contribution in [3.8, 4) is 0 Å². The quantitative estimate of drug-likeness (QED) is 0.739. The van der Waals surface area contributed by atoms with Gasteiger partial charge in [-0.1, -0.05) is 0 Å². The molecule has 0 saturated carbocycles. The highest BCUT2D eigenvalue weighted by molar-refractivity contribution is 7.98. The van der Waals surface area contributed by atoms with E-state index in [1.807, 2.05) is 18.4 Å². The molecule has 0 atom stereocenters. The Morgan fingerprint density at radius 3 is 2.13 bits per heavy atom. The Bertz CT molecular complexity index is 307. The lowest BCUT2D eigenvalue weighted by atomic mass is 10.3. The van der Waals surface area contributed by atoms with Crippen molar-refractivity contribution in [2.45, 2.75) is 11.1 Å². The molecule has 15 heavy (non-hydrogen) atoms. The minimum absolute atomic E-state index is 0.574. The number of hydrogen-bond acceptors (Lipinski definition) is 2. The zero-order chi connectivity index (χ0) is 11.5. The van der Waals surface area contributed by atoms with Gasteiger partial charge in [0, 0.05) is 17.6 Å². The van der Waals surface area contributed by atoms with Crippen molar-refractivity contribution in [3.63, 3.8) is 0 Å². The molecular formula is C10H12F3NS. The maximum Gasteiger partial charge on any atom is 0.405 e. The van der Waals surface area contributed by atoms with Crippen LogP contribution in [0.3, 0.4) is 0 Å². The zero-order valence-corrected chi connectivity index (χ0v) is 9.32. The van der Waals surface area contributed by atoms with Crippen molar-refractivity contribution in [2.75, 3.05) is 24.7 Å². The van der Waals surface area contributed by atoms with Gasteiger partial charge in [0.1, 0.15) is 6.54 Å². The SMILES string of the molecule is CSc1ccc(N(C)CC(F)(F)F)cc1. The van der Waals surface area contributed by atoms with Gasteiger partial charge in [-0.05, 0) is 30.5 Å². The molecule has 0 aliphatic heterocycles. The predicted octanol–water partition coefficient (Wildman–Crippen LogP) is 3.41. The van der Waals surface area contributed by atoms with Gasteiger partial charge < -0.3 is 4.90 Å². The molecule has 0 saturated heterocycles. The van der Waals surface area contributed by atoms with Gasteiger partial charge in [-0.25, -0.2) is 0 Å². The first-order valence-electron chi connectivity index (χ1n) is 4.34. The highest BCUT2D eigenvalue weighted by Crippen LogP contribution is 2.23. The molecule has 1 rings (SSSR count). The predicted molar refractivity (Wildman–Crippen MR) is 57.5 cm³/mol. The zero-order valence-electron chi connectivity index (χ0n) is 8.51. The number of halogens is 3. The van der Waals surface area contributed by atoms with Crippen LogP contribution in [0.1, 0.15) is 0 Å². The molecule has 0 bridgehead atoms. The van der Waals surface area contributed by atoms with E-state index < -0.39 is 12.7 Å². The van der Waals surface area contributed by atoms with Gasteiger partial charge >= 0.3 is 6.18 Å². The van der Waals surface area contributed by atoms with Crippen LogP contribution in [0, 0.1) is 0 Å². The van der Waals surface area contributed by atoms with E-state index in [4.69, 9.17) is 0 Å². The fraction of sp³-hybridized carbons (Fsp3) is 0.400. The second kappa shape index (κ2) is 4.79. The van der Waals surface area contributed by atoms with Crippen molar-refractivity contribution in [1.29, 1.82) is 0 Å². The lowest BCUT2D eigenvalue weighted by Gasteiger charge is -2.20. The van der Waals surface area contributed by atoms with Gasteiger partial charge in [0.05, 0.1) is 0 Å². The molecule has 1 aromatic rings. The van der Waals surface area contributed by atoms with Crippen LogP contribution < -0.4 is 4.90 Å². The minimum Gasteiger partial charge on any atom is -0.366 e. The summed E-state index contributed by atoms with van der Waals surface area (Å²) in [6.07, 6.45) is -2.23. The Morgan fingerprint density at radius 2 is 1.73 bits per heavy atom. The van der Waals surface area contributed by atoms with Crippen molar-refractivity contribution in [2.24, 2.45) is 0 Å².